The Bertz CT molecular complexity index is 650. The maximum atomic E-state index is 12.1. The molecule has 128 valence electrons. The van der Waals surface area contributed by atoms with Gasteiger partial charge in [0.25, 0.3) is 0 Å². The predicted octanol–water partition coefficient (Wildman–Crippen LogP) is 3.07. The van der Waals surface area contributed by atoms with E-state index in [1.807, 2.05) is 37.3 Å². The van der Waals surface area contributed by atoms with E-state index in [4.69, 9.17) is 4.42 Å². The summed E-state index contributed by atoms with van der Waals surface area (Å²) in [6.45, 7) is 3.87. The van der Waals surface area contributed by atoms with Gasteiger partial charge in [0, 0.05) is 19.5 Å². The number of rotatable bonds is 6. The molecular weight excluding hydrogens is 304 g/mol. The standard InChI is InChI=1S/C18H24N4O2/c1-2-9-15(23)19-16(14-10-5-3-6-11-14)17-20-21-18(24-17)22-12-7-4-8-13-22/h3,5-6,10-11,16H,2,4,7-9,12-13H2,1H3,(H,19,23)/t16-/m0/s1. The van der Waals surface area contributed by atoms with E-state index in [1.165, 1.54) is 6.42 Å². The lowest BCUT2D eigenvalue weighted by Crippen LogP contribution is -2.30. The average molecular weight is 328 g/mol. The van der Waals surface area contributed by atoms with Gasteiger partial charge >= 0.3 is 6.01 Å². The second-order valence-corrected chi connectivity index (χ2v) is 6.13. The summed E-state index contributed by atoms with van der Waals surface area (Å²) in [6, 6.07) is 9.89. The Labute approximate surface area is 142 Å². The van der Waals surface area contributed by atoms with E-state index < -0.39 is 6.04 Å². The van der Waals surface area contributed by atoms with Crippen LogP contribution in [0.5, 0.6) is 0 Å². The Hall–Kier alpha value is -2.37. The first-order valence-electron chi connectivity index (χ1n) is 8.70. The van der Waals surface area contributed by atoms with Crippen molar-refractivity contribution in [2.45, 2.75) is 45.1 Å². The van der Waals surface area contributed by atoms with Crippen molar-refractivity contribution in [2.24, 2.45) is 0 Å². The average Bonchev–Trinajstić information content (AvgIpc) is 3.11. The molecule has 1 aliphatic rings. The zero-order valence-electron chi connectivity index (χ0n) is 14.1. The molecule has 0 saturated carbocycles. The van der Waals surface area contributed by atoms with Crippen LogP contribution in [0.4, 0.5) is 6.01 Å². The Morgan fingerprint density at radius 3 is 2.67 bits per heavy atom. The van der Waals surface area contributed by atoms with E-state index in [0.29, 0.717) is 18.3 Å². The third-order valence-electron chi connectivity index (χ3n) is 4.22. The van der Waals surface area contributed by atoms with Crippen LogP contribution >= 0.6 is 0 Å². The highest BCUT2D eigenvalue weighted by molar-refractivity contribution is 5.76. The summed E-state index contributed by atoms with van der Waals surface area (Å²) in [7, 11) is 0. The predicted molar refractivity (Wildman–Crippen MR) is 91.7 cm³/mol. The number of aromatic nitrogens is 2. The molecule has 6 heteroatoms. The number of nitrogens with one attached hydrogen (secondary N) is 1. The third kappa shape index (κ3) is 3.93. The highest BCUT2D eigenvalue weighted by Gasteiger charge is 2.24. The van der Waals surface area contributed by atoms with Crippen LogP contribution in [-0.4, -0.2) is 29.2 Å². The number of hydrogen-bond donors (Lipinski definition) is 1. The van der Waals surface area contributed by atoms with Gasteiger partial charge in [0.15, 0.2) is 0 Å². The van der Waals surface area contributed by atoms with Gasteiger partial charge in [-0.2, -0.15) is 0 Å². The van der Waals surface area contributed by atoms with E-state index in [0.717, 1.165) is 37.9 Å². The molecule has 6 nitrogen and oxygen atoms in total. The lowest BCUT2D eigenvalue weighted by molar-refractivity contribution is -0.121. The van der Waals surface area contributed by atoms with E-state index in [9.17, 15) is 4.79 Å². The van der Waals surface area contributed by atoms with Crippen molar-refractivity contribution in [1.82, 2.24) is 15.5 Å². The summed E-state index contributed by atoms with van der Waals surface area (Å²) in [5.74, 6) is 0.426. The Balaban J connectivity index is 1.82. The molecule has 0 spiro atoms. The molecule has 1 amide bonds. The van der Waals surface area contributed by atoms with Gasteiger partial charge in [-0.25, -0.2) is 0 Å². The summed E-state index contributed by atoms with van der Waals surface area (Å²) >= 11 is 0. The van der Waals surface area contributed by atoms with Gasteiger partial charge in [-0.3, -0.25) is 4.79 Å². The molecule has 1 saturated heterocycles. The van der Waals surface area contributed by atoms with Crippen LogP contribution in [0.15, 0.2) is 34.7 Å². The number of anilines is 1. The number of piperidine rings is 1. The molecule has 3 rings (SSSR count). The minimum Gasteiger partial charge on any atom is -0.405 e. The molecule has 0 unspecified atom stereocenters. The first-order valence-corrected chi connectivity index (χ1v) is 8.70. The quantitative estimate of drug-likeness (QED) is 0.882. The lowest BCUT2D eigenvalue weighted by Gasteiger charge is -2.24. The smallest absolute Gasteiger partial charge is 0.318 e. The summed E-state index contributed by atoms with van der Waals surface area (Å²) in [4.78, 5) is 14.2. The monoisotopic (exact) mass is 328 g/mol. The number of carbonyl (C=O) groups excluding carboxylic acids is 1. The third-order valence-corrected chi connectivity index (χ3v) is 4.22. The normalized spacial score (nSPS) is 16.0. The van der Waals surface area contributed by atoms with Gasteiger partial charge in [0.05, 0.1) is 0 Å². The molecule has 1 aliphatic heterocycles. The fraction of sp³-hybridized carbons (Fsp3) is 0.500. The molecule has 1 atom stereocenters. The van der Waals surface area contributed by atoms with Gasteiger partial charge < -0.3 is 14.6 Å². The molecule has 1 aromatic carbocycles. The first kappa shape index (κ1) is 16.5. The van der Waals surface area contributed by atoms with Crippen molar-refractivity contribution in [3.8, 4) is 0 Å². The molecule has 1 fully saturated rings. The van der Waals surface area contributed by atoms with Gasteiger partial charge in [-0.1, -0.05) is 42.4 Å². The molecule has 2 aromatic rings. The molecule has 24 heavy (non-hydrogen) atoms. The number of carbonyl (C=O) groups is 1. The maximum absolute atomic E-state index is 12.1. The second-order valence-electron chi connectivity index (χ2n) is 6.13. The first-order chi connectivity index (χ1) is 11.8. The van der Waals surface area contributed by atoms with Crippen LogP contribution in [0.3, 0.4) is 0 Å². The summed E-state index contributed by atoms with van der Waals surface area (Å²) in [5.41, 5.74) is 0.941. The van der Waals surface area contributed by atoms with Crippen molar-refractivity contribution in [3.63, 3.8) is 0 Å². The molecule has 0 radical (unpaired) electrons. The summed E-state index contributed by atoms with van der Waals surface area (Å²) in [6.07, 6.45) is 4.82. The largest absolute Gasteiger partial charge is 0.405 e. The van der Waals surface area contributed by atoms with Gasteiger partial charge in [-0.05, 0) is 31.2 Å². The number of nitrogens with zero attached hydrogens (tertiary/aromatic N) is 3. The SMILES string of the molecule is CCCC(=O)N[C@@H](c1ccccc1)c1nnc(N2CCCCC2)o1. The second kappa shape index (κ2) is 7.95. The summed E-state index contributed by atoms with van der Waals surface area (Å²) in [5, 5.41) is 11.4. The number of benzene rings is 1. The summed E-state index contributed by atoms with van der Waals surface area (Å²) < 4.78 is 5.91. The number of amides is 1. The fourth-order valence-corrected chi connectivity index (χ4v) is 2.95. The zero-order valence-corrected chi connectivity index (χ0v) is 14.1. The van der Waals surface area contributed by atoms with Crippen LogP contribution in [-0.2, 0) is 4.79 Å². The van der Waals surface area contributed by atoms with Gasteiger partial charge in [0.2, 0.25) is 11.8 Å². The molecular formula is C18H24N4O2. The molecule has 1 aromatic heterocycles. The topological polar surface area (TPSA) is 71.3 Å². The van der Waals surface area contributed by atoms with Crippen molar-refractivity contribution in [1.29, 1.82) is 0 Å². The van der Waals surface area contributed by atoms with Crippen LogP contribution in [0.25, 0.3) is 0 Å². The Morgan fingerprint density at radius 1 is 1.21 bits per heavy atom. The minimum absolute atomic E-state index is 0.0101. The van der Waals surface area contributed by atoms with Crippen LogP contribution in [0.1, 0.15) is 56.5 Å². The van der Waals surface area contributed by atoms with Crippen LogP contribution < -0.4 is 10.2 Å². The van der Waals surface area contributed by atoms with Crippen LogP contribution in [0, 0.1) is 0 Å². The van der Waals surface area contributed by atoms with E-state index >= 15 is 0 Å². The molecule has 1 N–H and O–H groups in total. The number of hydrogen-bond acceptors (Lipinski definition) is 5. The van der Waals surface area contributed by atoms with E-state index in [1.54, 1.807) is 0 Å². The highest BCUT2D eigenvalue weighted by atomic mass is 16.4. The van der Waals surface area contributed by atoms with Crippen molar-refractivity contribution in [3.05, 3.63) is 41.8 Å². The molecule has 2 heterocycles. The molecule has 0 aliphatic carbocycles. The van der Waals surface area contributed by atoms with Crippen molar-refractivity contribution >= 4 is 11.9 Å². The minimum atomic E-state index is -0.406. The van der Waals surface area contributed by atoms with E-state index in [2.05, 4.69) is 20.4 Å². The molecule has 0 bridgehead atoms. The Morgan fingerprint density at radius 2 is 1.96 bits per heavy atom. The zero-order chi connectivity index (χ0) is 16.8. The fourth-order valence-electron chi connectivity index (χ4n) is 2.95. The Kier molecular flexibility index (Phi) is 5.46. The highest BCUT2D eigenvalue weighted by Crippen LogP contribution is 2.25. The maximum Gasteiger partial charge on any atom is 0.318 e. The van der Waals surface area contributed by atoms with Crippen LogP contribution in [0.2, 0.25) is 0 Å². The van der Waals surface area contributed by atoms with Gasteiger partial charge in [0.1, 0.15) is 6.04 Å². The van der Waals surface area contributed by atoms with Crippen molar-refractivity contribution < 1.29 is 9.21 Å². The lowest BCUT2D eigenvalue weighted by atomic mass is 10.1. The van der Waals surface area contributed by atoms with E-state index in [-0.39, 0.29) is 5.91 Å². The van der Waals surface area contributed by atoms with Gasteiger partial charge in [-0.15, -0.1) is 5.10 Å². The van der Waals surface area contributed by atoms with Crippen molar-refractivity contribution in [2.75, 3.05) is 18.0 Å².